The first-order chi connectivity index (χ1) is 5.20. The second-order valence-corrected chi connectivity index (χ2v) is 3.04. The van der Waals surface area contributed by atoms with Crippen LogP contribution in [0.15, 0.2) is 0 Å². The van der Waals surface area contributed by atoms with Gasteiger partial charge in [0.05, 0.1) is 12.1 Å². The van der Waals surface area contributed by atoms with Gasteiger partial charge in [0, 0.05) is 13.5 Å². The molecule has 0 aromatic carbocycles. The summed E-state index contributed by atoms with van der Waals surface area (Å²) in [5, 5.41) is 2.82. The maximum Gasteiger partial charge on any atom is 0.217 e. The third-order valence-corrected chi connectivity index (χ3v) is 1.95. The molecule has 1 heterocycles. The van der Waals surface area contributed by atoms with Crippen LogP contribution in [0.25, 0.3) is 0 Å². The predicted molar refractivity (Wildman–Crippen MR) is 42.3 cm³/mol. The first-order valence-electron chi connectivity index (χ1n) is 4.09. The van der Waals surface area contributed by atoms with Gasteiger partial charge >= 0.3 is 0 Å². The first-order valence-corrected chi connectivity index (χ1v) is 4.09. The number of amides is 1. The third-order valence-electron chi connectivity index (χ3n) is 1.95. The average Bonchev–Trinajstić information content (AvgIpc) is 2.35. The Morgan fingerprint density at radius 1 is 1.73 bits per heavy atom. The number of nitrogens with one attached hydrogen (secondary N) is 1. The van der Waals surface area contributed by atoms with Gasteiger partial charge in [-0.25, -0.2) is 0 Å². The van der Waals surface area contributed by atoms with Gasteiger partial charge in [0.15, 0.2) is 0 Å². The molecule has 1 aliphatic heterocycles. The number of ether oxygens (including phenoxy) is 1. The van der Waals surface area contributed by atoms with E-state index in [4.69, 9.17) is 4.74 Å². The maximum atomic E-state index is 10.6. The van der Waals surface area contributed by atoms with Crippen molar-refractivity contribution >= 4 is 5.91 Å². The Bertz CT molecular complexity index is 141. The van der Waals surface area contributed by atoms with E-state index in [-0.39, 0.29) is 18.1 Å². The molecule has 1 N–H and O–H groups in total. The largest absolute Gasteiger partial charge is 0.376 e. The summed E-state index contributed by atoms with van der Waals surface area (Å²) in [6.07, 6.45) is 2.43. The van der Waals surface area contributed by atoms with Crippen molar-refractivity contribution in [3.05, 3.63) is 0 Å². The molecule has 2 atom stereocenters. The highest BCUT2D eigenvalue weighted by molar-refractivity contribution is 5.73. The highest BCUT2D eigenvalue weighted by atomic mass is 16.5. The average molecular weight is 157 g/mol. The van der Waals surface area contributed by atoms with Crippen LogP contribution in [0, 0.1) is 0 Å². The zero-order chi connectivity index (χ0) is 8.27. The molecule has 0 aromatic heterocycles. The molecule has 11 heavy (non-hydrogen) atoms. The van der Waals surface area contributed by atoms with Crippen molar-refractivity contribution in [3.63, 3.8) is 0 Å². The van der Waals surface area contributed by atoms with Gasteiger partial charge in [-0.05, 0) is 19.8 Å². The van der Waals surface area contributed by atoms with E-state index in [0.717, 1.165) is 19.4 Å². The number of carbonyl (C=O) groups is 1. The van der Waals surface area contributed by atoms with Gasteiger partial charge in [-0.3, -0.25) is 4.79 Å². The van der Waals surface area contributed by atoms with E-state index in [1.54, 1.807) is 0 Å². The number of hydrogen-bond acceptors (Lipinski definition) is 2. The van der Waals surface area contributed by atoms with Crippen LogP contribution >= 0.6 is 0 Å². The summed E-state index contributed by atoms with van der Waals surface area (Å²) in [4.78, 5) is 10.6. The molecule has 0 spiro atoms. The second kappa shape index (κ2) is 3.72. The van der Waals surface area contributed by atoms with Crippen LogP contribution in [-0.2, 0) is 9.53 Å². The Labute approximate surface area is 67.1 Å². The molecule has 1 saturated heterocycles. The number of hydrogen-bond donors (Lipinski definition) is 1. The minimum atomic E-state index is 0.0213. The molecule has 0 aromatic rings. The standard InChI is InChI=1S/C8H15NO2/c1-6(9-7(2)10)8-4-3-5-11-8/h6,8H,3-5H2,1-2H3,(H,9,10). The molecular weight excluding hydrogens is 142 g/mol. The number of rotatable bonds is 2. The topological polar surface area (TPSA) is 38.3 Å². The minimum Gasteiger partial charge on any atom is -0.376 e. The maximum absolute atomic E-state index is 10.6. The summed E-state index contributed by atoms with van der Waals surface area (Å²) >= 11 is 0. The molecule has 1 fully saturated rings. The molecule has 1 rings (SSSR count). The fourth-order valence-corrected chi connectivity index (χ4v) is 1.41. The molecule has 0 saturated carbocycles. The summed E-state index contributed by atoms with van der Waals surface area (Å²) in [6.45, 7) is 4.36. The van der Waals surface area contributed by atoms with Crippen LogP contribution in [0.2, 0.25) is 0 Å². The highest BCUT2D eigenvalue weighted by Gasteiger charge is 2.22. The summed E-state index contributed by atoms with van der Waals surface area (Å²) in [5.41, 5.74) is 0. The lowest BCUT2D eigenvalue weighted by Crippen LogP contribution is -2.39. The zero-order valence-corrected chi connectivity index (χ0v) is 7.09. The van der Waals surface area contributed by atoms with Gasteiger partial charge in [0.1, 0.15) is 0 Å². The van der Waals surface area contributed by atoms with Crippen molar-refractivity contribution in [2.75, 3.05) is 6.61 Å². The minimum absolute atomic E-state index is 0.0213. The van der Waals surface area contributed by atoms with E-state index < -0.39 is 0 Å². The van der Waals surface area contributed by atoms with Crippen LogP contribution in [0.4, 0.5) is 0 Å². The molecule has 0 aliphatic carbocycles. The summed E-state index contributed by atoms with van der Waals surface area (Å²) in [7, 11) is 0. The molecule has 0 radical (unpaired) electrons. The fraction of sp³-hybridized carbons (Fsp3) is 0.875. The third kappa shape index (κ3) is 2.50. The van der Waals surface area contributed by atoms with Gasteiger partial charge < -0.3 is 10.1 Å². The quantitative estimate of drug-likeness (QED) is 0.640. The van der Waals surface area contributed by atoms with E-state index in [2.05, 4.69) is 5.32 Å². The Kier molecular flexibility index (Phi) is 2.88. The lowest BCUT2D eigenvalue weighted by atomic mass is 10.1. The molecule has 1 amide bonds. The summed E-state index contributed by atoms with van der Waals surface area (Å²) in [6, 6.07) is 0.162. The lowest BCUT2D eigenvalue weighted by Gasteiger charge is -2.18. The Balaban J connectivity index is 2.28. The van der Waals surface area contributed by atoms with Gasteiger partial charge in [0.2, 0.25) is 5.91 Å². The second-order valence-electron chi connectivity index (χ2n) is 3.04. The smallest absolute Gasteiger partial charge is 0.217 e. The van der Waals surface area contributed by atoms with Crippen molar-refractivity contribution in [1.29, 1.82) is 0 Å². The molecule has 3 heteroatoms. The molecule has 0 bridgehead atoms. The fourth-order valence-electron chi connectivity index (χ4n) is 1.41. The van der Waals surface area contributed by atoms with Crippen LogP contribution in [0.3, 0.4) is 0 Å². The Hall–Kier alpha value is -0.570. The van der Waals surface area contributed by atoms with Crippen LogP contribution in [0.1, 0.15) is 26.7 Å². The predicted octanol–water partition coefficient (Wildman–Crippen LogP) is 0.690. The van der Waals surface area contributed by atoms with Gasteiger partial charge in [-0.2, -0.15) is 0 Å². The van der Waals surface area contributed by atoms with Gasteiger partial charge in [-0.15, -0.1) is 0 Å². The first kappa shape index (κ1) is 8.53. The van der Waals surface area contributed by atoms with Crippen molar-refractivity contribution in [1.82, 2.24) is 5.32 Å². The van der Waals surface area contributed by atoms with Crippen molar-refractivity contribution in [3.8, 4) is 0 Å². The van der Waals surface area contributed by atoms with E-state index in [0.29, 0.717) is 0 Å². The van der Waals surface area contributed by atoms with Crippen LogP contribution in [0.5, 0.6) is 0 Å². The van der Waals surface area contributed by atoms with Crippen LogP contribution in [-0.4, -0.2) is 24.7 Å². The molecular formula is C8H15NO2. The van der Waals surface area contributed by atoms with Crippen molar-refractivity contribution in [2.24, 2.45) is 0 Å². The van der Waals surface area contributed by atoms with E-state index >= 15 is 0 Å². The number of carbonyl (C=O) groups excluding carboxylic acids is 1. The van der Waals surface area contributed by atoms with Crippen molar-refractivity contribution in [2.45, 2.75) is 38.8 Å². The van der Waals surface area contributed by atoms with Crippen LogP contribution < -0.4 is 5.32 Å². The Morgan fingerprint density at radius 2 is 2.45 bits per heavy atom. The van der Waals surface area contributed by atoms with E-state index in [1.807, 2.05) is 6.92 Å². The monoisotopic (exact) mass is 157 g/mol. The lowest BCUT2D eigenvalue weighted by molar-refractivity contribution is -0.120. The van der Waals surface area contributed by atoms with Gasteiger partial charge in [-0.1, -0.05) is 0 Å². The summed E-state index contributed by atoms with van der Waals surface area (Å²) in [5.74, 6) is 0.0213. The van der Waals surface area contributed by atoms with E-state index in [9.17, 15) is 4.79 Å². The van der Waals surface area contributed by atoms with E-state index in [1.165, 1.54) is 6.92 Å². The zero-order valence-electron chi connectivity index (χ0n) is 7.09. The molecule has 64 valence electrons. The molecule has 2 unspecified atom stereocenters. The Morgan fingerprint density at radius 3 is 2.91 bits per heavy atom. The van der Waals surface area contributed by atoms with Gasteiger partial charge in [0.25, 0.3) is 0 Å². The highest BCUT2D eigenvalue weighted by Crippen LogP contribution is 2.14. The molecule has 1 aliphatic rings. The van der Waals surface area contributed by atoms with Crippen molar-refractivity contribution < 1.29 is 9.53 Å². The summed E-state index contributed by atoms with van der Waals surface area (Å²) < 4.78 is 5.40. The molecule has 3 nitrogen and oxygen atoms in total. The normalized spacial score (nSPS) is 26.5. The SMILES string of the molecule is CC(=O)NC(C)C1CCCO1.